The van der Waals surface area contributed by atoms with Gasteiger partial charge in [-0.3, -0.25) is 0 Å². The minimum absolute atomic E-state index is 0.0672. The molecule has 0 aliphatic rings. The van der Waals surface area contributed by atoms with Gasteiger partial charge in [0.1, 0.15) is 10.7 Å². The highest BCUT2D eigenvalue weighted by atomic mass is 32.2. The first-order valence-corrected chi connectivity index (χ1v) is 5.34. The van der Waals surface area contributed by atoms with E-state index in [4.69, 9.17) is 5.11 Å². The van der Waals surface area contributed by atoms with Crippen LogP contribution >= 0.6 is 0 Å². The number of aryl methyl sites for hydroxylation is 1. The van der Waals surface area contributed by atoms with Crippen LogP contribution in [0.15, 0.2) is 11.1 Å². The Bertz CT molecular complexity index is 443. The second-order valence-electron chi connectivity index (χ2n) is 2.77. The zero-order valence-electron chi connectivity index (χ0n) is 7.16. The van der Waals surface area contributed by atoms with Crippen molar-refractivity contribution in [3.63, 3.8) is 0 Å². The van der Waals surface area contributed by atoms with Gasteiger partial charge in [0, 0.05) is 6.26 Å². The predicted molar refractivity (Wildman–Crippen MR) is 45.6 cm³/mol. The van der Waals surface area contributed by atoms with Crippen molar-refractivity contribution in [1.82, 2.24) is 4.98 Å². The van der Waals surface area contributed by atoms with Crippen LogP contribution in [-0.4, -0.2) is 30.7 Å². The zero-order valence-corrected chi connectivity index (χ0v) is 7.97. The summed E-state index contributed by atoms with van der Waals surface area (Å²) in [5, 5.41) is 8.55. The number of aromatic nitrogens is 1. The van der Waals surface area contributed by atoms with E-state index in [1.807, 2.05) is 0 Å². The Morgan fingerprint density at radius 2 is 2.08 bits per heavy atom. The molecular formula is C7H9NO4S. The van der Waals surface area contributed by atoms with Crippen LogP contribution in [0.25, 0.3) is 0 Å². The van der Waals surface area contributed by atoms with Gasteiger partial charge in [0.15, 0.2) is 9.84 Å². The monoisotopic (exact) mass is 203 g/mol. The number of carboxylic acid groups (broad SMARTS) is 1. The molecule has 1 aromatic heterocycles. The molecule has 6 heteroatoms. The van der Waals surface area contributed by atoms with Crippen LogP contribution in [0.2, 0.25) is 0 Å². The second kappa shape index (κ2) is 2.88. The molecule has 0 unspecified atom stereocenters. The number of aromatic carboxylic acids is 1. The van der Waals surface area contributed by atoms with Crippen LogP contribution in [0.1, 0.15) is 16.1 Å². The number of carbonyl (C=O) groups is 1. The number of nitrogens with one attached hydrogen (secondary N) is 1. The Hall–Kier alpha value is -1.30. The fraction of sp³-hybridized carbons (Fsp3) is 0.286. The Morgan fingerprint density at radius 1 is 1.54 bits per heavy atom. The summed E-state index contributed by atoms with van der Waals surface area (Å²) in [4.78, 5) is 12.9. The fourth-order valence-corrected chi connectivity index (χ4v) is 1.63. The molecule has 0 fully saturated rings. The molecule has 2 N–H and O–H groups in total. The Kier molecular flexibility index (Phi) is 2.17. The van der Waals surface area contributed by atoms with Crippen LogP contribution in [0, 0.1) is 6.92 Å². The maximum absolute atomic E-state index is 11.0. The molecule has 0 aliphatic heterocycles. The Balaban J connectivity index is 3.33. The summed E-state index contributed by atoms with van der Waals surface area (Å²) >= 11 is 0. The lowest BCUT2D eigenvalue weighted by atomic mass is 10.3. The molecular weight excluding hydrogens is 194 g/mol. The van der Waals surface area contributed by atoms with Crippen molar-refractivity contribution in [2.45, 2.75) is 11.9 Å². The van der Waals surface area contributed by atoms with Crippen LogP contribution in [0.3, 0.4) is 0 Å². The van der Waals surface area contributed by atoms with E-state index in [0.29, 0.717) is 5.56 Å². The lowest BCUT2D eigenvalue weighted by Crippen LogP contribution is -2.01. The van der Waals surface area contributed by atoms with E-state index >= 15 is 0 Å². The van der Waals surface area contributed by atoms with Crippen molar-refractivity contribution in [2.75, 3.05) is 6.26 Å². The molecule has 0 amide bonds. The number of hydrogen-bond donors (Lipinski definition) is 2. The van der Waals surface area contributed by atoms with E-state index in [1.54, 1.807) is 0 Å². The summed E-state index contributed by atoms with van der Waals surface area (Å²) in [6.45, 7) is 1.54. The molecule has 1 rings (SSSR count). The maximum atomic E-state index is 11.0. The number of sulfone groups is 1. The van der Waals surface area contributed by atoms with Gasteiger partial charge in [0.05, 0.1) is 0 Å². The van der Waals surface area contributed by atoms with E-state index in [2.05, 4.69) is 4.98 Å². The molecule has 1 aromatic rings. The van der Waals surface area contributed by atoms with Gasteiger partial charge >= 0.3 is 5.97 Å². The van der Waals surface area contributed by atoms with Gasteiger partial charge in [-0.25, -0.2) is 13.2 Å². The summed E-state index contributed by atoms with van der Waals surface area (Å²) in [6.07, 6.45) is 1.02. The summed E-state index contributed by atoms with van der Waals surface area (Å²) in [7, 11) is -3.36. The smallest absolute Gasteiger partial charge is 0.352 e. The lowest BCUT2D eigenvalue weighted by Gasteiger charge is -1.91. The van der Waals surface area contributed by atoms with Crippen molar-refractivity contribution in [3.05, 3.63) is 17.3 Å². The summed E-state index contributed by atoms with van der Waals surface area (Å²) in [5.74, 6) is -1.16. The second-order valence-corrected chi connectivity index (χ2v) is 4.75. The number of rotatable bonds is 2. The Morgan fingerprint density at radius 3 is 2.31 bits per heavy atom. The zero-order chi connectivity index (χ0) is 10.2. The van der Waals surface area contributed by atoms with Crippen molar-refractivity contribution < 1.29 is 18.3 Å². The van der Waals surface area contributed by atoms with Gasteiger partial charge in [0.2, 0.25) is 0 Å². The van der Waals surface area contributed by atoms with Crippen LogP contribution < -0.4 is 0 Å². The predicted octanol–water partition coefficient (Wildman–Crippen LogP) is 0.425. The highest BCUT2D eigenvalue weighted by Crippen LogP contribution is 2.13. The molecule has 13 heavy (non-hydrogen) atoms. The summed E-state index contributed by atoms with van der Waals surface area (Å²) in [6, 6.07) is 1.30. The number of carboxylic acids is 1. The molecule has 0 bridgehead atoms. The molecule has 0 spiro atoms. The molecule has 0 saturated heterocycles. The van der Waals surface area contributed by atoms with Crippen molar-refractivity contribution in [1.29, 1.82) is 0 Å². The summed E-state index contributed by atoms with van der Waals surface area (Å²) < 4.78 is 22.0. The molecule has 0 atom stereocenters. The average Bonchev–Trinajstić information content (AvgIpc) is 2.29. The molecule has 5 nitrogen and oxygen atoms in total. The third-order valence-electron chi connectivity index (χ3n) is 1.60. The van der Waals surface area contributed by atoms with Crippen molar-refractivity contribution in [3.8, 4) is 0 Å². The molecule has 1 heterocycles. The van der Waals surface area contributed by atoms with E-state index in [9.17, 15) is 13.2 Å². The molecule has 72 valence electrons. The normalized spacial score (nSPS) is 11.5. The van der Waals surface area contributed by atoms with E-state index < -0.39 is 15.8 Å². The van der Waals surface area contributed by atoms with Gasteiger partial charge in [-0.1, -0.05) is 0 Å². The van der Waals surface area contributed by atoms with Gasteiger partial charge in [-0.05, 0) is 18.6 Å². The van der Waals surface area contributed by atoms with Gasteiger partial charge < -0.3 is 10.1 Å². The van der Waals surface area contributed by atoms with Gasteiger partial charge in [0.25, 0.3) is 0 Å². The molecule has 0 aliphatic carbocycles. The standard InChI is InChI=1S/C7H9NO4S/c1-4-3-5(13(2,11)12)8-6(4)7(9)10/h3,8H,1-2H3,(H,9,10). The first kappa shape index (κ1) is 9.79. The summed E-state index contributed by atoms with van der Waals surface area (Å²) in [5.41, 5.74) is 0.327. The van der Waals surface area contributed by atoms with Crippen molar-refractivity contribution >= 4 is 15.8 Å². The average molecular weight is 203 g/mol. The van der Waals surface area contributed by atoms with E-state index in [-0.39, 0.29) is 10.7 Å². The van der Waals surface area contributed by atoms with Crippen LogP contribution in [0.4, 0.5) is 0 Å². The third kappa shape index (κ3) is 1.89. The number of aromatic amines is 1. The third-order valence-corrected chi connectivity index (χ3v) is 2.62. The molecule has 0 aromatic carbocycles. The molecule has 0 radical (unpaired) electrons. The first-order chi connectivity index (χ1) is 5.82. The fourth-order valence-electron chi connectivity index (χ4n) is 0.949. The van der Waals surface area contributed by atoms with Crippen LogP contribution in [-0.2, 0) is 9.84 Å². The minimum Gasteiger partial charge on any atom is -0.477 e. The van der Waals surface area contributed by atoms with Gasteiger partial charge in [-0.2, -0.15) is 0 Å². The number of H-pyrrole nitrogens is 1. The number of hydrogen-bond acceptors (Lipinski definition) is 3. The lowest BCUT2D eigenvalue weighted by molar-refractivity contribution is 0.0690. The largest absolute Gasteiger partial charge is 0.477 e. The first-order valence-electron chi connectivity index (χ1n) is 3.45. The maximum Gasteiger partial charge on any atom is 0.352 e. The van der Waals surface area contributed by atoms with Crippen LogP contribution in [0.5, 0.6) is 0 Å². The Labute approximate surface area is 75.3 Å². The quantitative estimate of drug-likeness (QED) is 0.729. The minimum atomic E-state index is -3.36. The van der Waals surface area contributed by atoms with E-state index in [1.165, 1.54) is 13.0 Å². The van der Waals surface area contributed by atoms with Crippen molar-refractivity contribution in [2.24, 2.45) is 0 Å². The highest BCUT2D eigenvalue weighted by Gasteiger charge is 2.16. The van der Waals surface area contributed by atoms with E-state index in [0.717, 1.165) is 6.26 Å². The topological polar surface area (TPSA) is 87.2 Å². The highest BCUT2D eigenvalue weighted by molar-refractivity contribution is 7.90. The molecule has 0 saturated carbocycles. The SMILES string of the molecule is Cc1cc(S(C)(=O)=O)[nH]c1C(=O)O. The van der Waals surface area contributed by atoms with Gasteiger partial charge in [-0.15, -0.1) is 0 Å².